The highest BCUT2D eigenvalue weighted by Crippen LogP contribution is 2.13. The van der Waals surface area contributed by atoms with Crippen molar-refractivity contribution < 1.29 is 9.53 Å². The summed E-state index contributed by atoms with van der Waals surface area (Å²) in [4.78, 5) is 11.8. The molecule has 2 N–H and O–H groups in total. The summed E-state index contributed by atoms with van der Waals surface area (Å²) in [7, 11) is 0. The van der Waals surface area contributed by atoms with E-state index in [9.17, 15) is 4.79 Å². The van der Waals surface area contributed by atoms with Gasteiger partial charge in [0, 0.05) is 11.5 Å². The molecule has 3 nitrogen and oxygen atoms in total. The van der Waals surface area contributed by atoms with Crippen LogP contribution in [-0.4, -0.2) is 17.8 Å². The van der Waals surface area contributed by atoms with Crippen LogP contribution in [0.15, 0.2) is 60.7 Å². The van der Waals surface area contributed by atoms with Gasteiger partial charge in [-0.25, -0.2) is 0 Å². The molecular weight excluding hydrogens is 318 g/mol. The monoisotopic (exact) mass is 337 g/mol. The number of thioether (sulfide) groups is 1. The zero-order chi connectivity index (χ0) is 14.9. The van der Waals surface area contributed by atoms with Crippen LogP contribution in [-0.2, 0) is 21.9 Å². The van der Waals surface area contributed by atoms with Crippen LogP contribution in [0.25, 0.3) is 0 Å². The van der Waals surface area contributed by atoms with E-state index in [1.807, 2.05) is 48.5 Å². The molecule has 0 saturated carbocycles. The van der Waals surface area contributed by atoms with Gasteiger partial charge in [-0.15, -0.1) is 12.4 Å². The Labute approximate surface area is 141 Å². The van der Waals surface area contributed by atoms with Crippen LogP contribution in [0.2, 0.25) is 0 Å². The molecule has 2 aromatic rings. The fourth-order valence-corrected chi connectivity index (χ4v) is 2.72. The Bertz CT molecular complexity index is 551. The Morgan fingerprint density at radius 2 is 1.55 bits per heavy atom. The van der Waals surface area contributed by atoms with E-state index in [0.29, 0.717) is 5.75 Å². The predicted molar refractivity (Wildman–Crippen MR) is 94.1 cm³/mol. The fourth-order valence-electron chi connectivity index (χ4n) is 1.78. The maximum absolute atomic E-state index is 11.8. The summed E-state index contributed by atoms with van der Waals surface area (Å²) in [6.45, 7) is 0.275. The first kappa shape index (κ1) is 18.6. The summed E-state index contributed by atoms with van der Waals surface area (Å²) < 4.78 is 5.22. The SMILES string of the molecule is Cl.N[C@@H](CSCc1ccccc1)C(=O)OCc1ccccc1. The summed E-state index contributed by atoms with van der Waals surface area (Å²) in [6.07, 6.45) is 0. The Morgan fingerprint density at radius 1 is 1.00 bits per heavy atom. The molecule has 0 radical (unpaired) electrons. The van der Waals surface area contributed by atoms with E-state index in [4.69, 9.17) is 10.5 Å². The number of carbonyl (C=O) groups is 1. The highest BCUT2D eigenvalue weighted by molar-refractivity contribution is 7.98. The molecule has 5 heteroatoms. The van der Waals surface area contributed by atoms with E-state index in [1.54, 1.807) is 11.8 Å². The standard InChI is InChI=1S/C17H19NO2S.ClH/c18-16(13-21-12-15-9-5-2-6-10-15)17(19)20-11-14-7-3-1-4-8-14;/h1-10,16H,11-13,18H2;1H/t16-;/m0./s1. The molecule has 2 rings (SSSR count). The normalized spacial score (nSPS) is 11.3. The molecule has 1 atom stereocenters. The molecule has 0 heterocycles. The van der Waals surface area contributed by atoms with E-state index in [1.165, 1.54) is 5.56 Å². The van der Waals surface area contributed by atoms with Crippen LogP contribution in [0.1, 0.15) is 11.1 Å². The van der Waals surface area contributed by atoms with Crippen LogP contribution in [0.3, 0.4) is 0 Å². The smallest absolute Gasteiger partial charge is 0.324 e. The number of halogens is 1. The van der Waals surface area contributed by atoms with Gasteiger partial charge in [-0.1, -0.05) is 60.7 Å². The number of hydrogen-bond donors (Lipinski definition) is 1. The van der Waals surface area contributed by atoms with Crippen LogP contribution in [0.4, 0.5) is 0 Å². The molecule has 0 aliphatic carbocycles. The molecule has 0 bridgehead atoms. The Balaban J connectivity index is 0.00000242. The minimum absolute atomic E-state index is 0. The number of rotatable bonds is 7. The second-order valence-corrected chi connectivity index (χ2v) is 5.73. The summed E-state index contributed by atoms with van der Waals surface area (Å²) in [5.41, 5.74) is 8.05. The predicted octanol–water partition coefficient (Wildman–Crippen LogP) is 3.41. The van der Waals surface area contributed by atoms with Crippen LogP contribution < -0.4 is 5.73 Å². The summed E-state index contributed by atoms with van der Waals surface area (Å²) >= 11 is 1.64. The van der Waals surface area contributed by atoms with E-state index in [0.717, 1.165) is 11.3 Å². The molecule has 118 valence electrons. The molecule has 22 heavy (non-hydrogen) atoms. The molecule has 0 aromatic heterocycles. The molecule has 0 aliphatic heterocycles. The van der Waals surface area contributed by atoms with Crippen molar-refractivity contribution >= 4 is 30.1 Å². The number of nitrogens with two attached hydrogens (primary N) is 1. The van der Waals surface area contributed by atoms with Crippen molar-refractivity contribution in [2.75, 3.05) is 5.75 Å². The second-order valence-electron chi connectivity index (χ2n) is 4.70. The van der Waals surface area contributed by atoms with Gasteiger partial charge >= 0.3 is 5.97 Å². The van der Waals surface area contributed by atoms with Crippen molar-refractivity contribution in [2.24, 2.45) is 5.73 Å². The molecule has 0 unspecified atom stereocenters. The van der Waals surface area contributed by atoms with Crippen molar-refractivity contribution in [3.63, 3.8) is 0 Å². The zero-order valence-corrected chi connectivity index (χ0v) is 13.8. The maximum atomic E-state index is 11.8. The third kappa shape index (κ3) is 6.52. The topological polar surface area (TPSA) is 52.3 Å². The third-order valence-electron chi connectivity index (χ3n) is 2.94. The molecule has 0 saturated heterocycles. The van der Waals surface area contributed by atoms with Crippen LogP contribution in [0, 0.1) is 0 Å². The number of hydrogen-bond acceptors (Lipinski definition) is 4. The largest absolute Gasteiger partial charge is 0.460 e. The van der Waals surface area contributed by atoms with Gasteiger partial charge in [0.15, 0.2) is 0 Å². The van der Waals surface area contributed by atoms with E-state index in [-0.39, 0.29) is 25.0 Å². The summed E-state index contributed by atoms with van der Waals surface area (Å²) in [5.74, 6) is 1.06. The summed E-state index contributed by atoms with van der Waals surface area (Å²) in [5, 5.41) is 0. The van der Waals surface area contributed by atoms with Gasteiger partial charge in [0.25, 0.3) is 0 Å². The van der Waals surface area contributed by atoms with Gasteiger partial charge in [-0.05, 0) is 11.1 Å². The van der Waals surface area contributed by atoms with Crippen molar-refractivity contribution in [3.8, 4) is 0 Å². The van der Waals surface area contributed by atoms with Gasteiger partial charge in [0.2, 0.25) is 0 Å². The maximum Gasteiger partial charge on any atom is 0.324 e. The van der Waals surface area contributed by atoms with Crippen LogP contribution >= 0.6 is 24.2 Å². The lowest BCUT2D eigenvalue weighted by Crippen LogP contribution is -2.34. The van der Waals surface area contributed by atoms with E-state index in [2.05, 4.69) is 12.1 Å². The molecule has 0 amide bonds. The minimum Gasteiger partial charge on any atom is -0.460 e. The summed E-state index contributed by atoms with van der Waals surface area (Å²) in [6, 6.07) is 19.1. The van der Waals surface area contributed by atoms with Crippen molar-refractivity contribution in [1.29, 1.82) is 0 Å². The lowest BCUT2D eigenvalue weighted by molar-refractivity contribution is -0.145. The van der Waals surface area contributed by atoms with Gasteiger partial charge in [0.05, 0.1) is 0 Å². The number of benzene rings is 2. The lowest BCUT2D eigenvalue weighted by atomic mass is 10.2. The zero-order valence-electron chi connectivity index (χ0n) is 12.2. The quantitative estimate of drug-likeness (QED) is 0.787. The van der Waals surface area contributed by atoms with Gasteiger partial charge in [-0.2, -0.15) is 11.8 Å². The highest BCUT2D eigenvalue weighted by atomic mass is 35.5. The van der Waals surface area contributed by atoms with Gasteiger partial charge < -0.3 is 10.5 Å². The Morgan fingerprint density at radius 3 is 2.14 bits per heavy atom. The van der Waals surface area contributed by atoms with Crippen molar-refractivity contribution in [3.05, 3.63) is 71.8 Å². The fraction of sp³-hybridized carbons (Fsp3) is 0.235. The molecule has 0 aliphatic rings. The average Bonchev–Trinajstić information content (AvgIpc) is 2.54. The molecular formula is C17H20ClNO2S. The molecule has 0 spiro atoms. The second kappa shape index (κ2) is 10.3. The van der Waals surface area contributed by atoms with Gasteiger partial charge in [0.1, 0.15) is 12.6 Å². The number of esters is 1. The van der Waals surface area contributed by atoms with Crippen molar-refractivity contribution in [1.82, 2.24) is 0 Å². The minimum atomic E-state index is -0.581. The average molecular weight is 338 g/mol. The first-order valence-electron chi connectivity index (χ1n) is 6.83. The van der Waals surface area contributed by atoms with Crippen molar-refractivity contribution in [2.45, 2.75) is 18.4 Å². The number of carbonyl (C=O) groups excluding carboxylic acids is 1. The molecule has 2 aromatic carbocycles. The first-order chi connectivity index (χ1) is 10.3. The third-order valence-corrected chi connectivity index (χ3v) is 4.07. The molecule has 0 fully saturated rings. The Kier molecular flexibility index (Phi) is 8.67. The van der Waals surface area contributed by atoms with Crippen LogP contribution in [0.5, 0.6) is 0 Å². The van der Waals surface area contributed by atoms with E-state index >= 15 is 0 Å². The van der Waals surface area contributed by atoms with E-state index < -0.39 is 6.04 Å². The highest BCUT2D eigenvalue weighted by Gasteiger charge is 2.15. The van der Waals surface area contributed by atoms with Gasteiger partial charge in [-0.3, -0.25) is 4.79 Å². The Hall–Kier alpha value is -1.49. The number of ether oxygens (including phenoxy) is 1. The lowest BCUT2D eigenvalue weighted by Gasteiger charge is -2.11. The first-order valence-corrected chi connectivity index (χ1v) is 7.99.